The van der Waals surface area contributed by atoms with Crippen LogP contribution in [0.15, 0.2) is 23.0 Å². The Balaban J connectivity index is 2.28. The number of H-pyrrole nitrogens is 1. The lowest BCUT2D eigenvalue weighted by Gasteiger charge is -2.22. The number of nitrogens with zero attached hydrogens (tertiary/aromatic N) is 2. The quantitative estimate of drug-likeness (QED) is 0.734. The highest BCUT2D eigenvalue weighted by molar-refractivity contribution is 5.37. The third-order valence-electron chi connectivity index (χ3n) is 2.94. The highest BCUT2D eigenvalue weighted by Crippen LogP contribution is 2.34. The van der Waals surface area contributed by atoms with E-state index in [1.165, 1.54) is 6.42 Å². The van der Waals surface area contributed by atoms with Crippen LogP contribution in [0.25, 0.3) is 5.65 Å². The van der Waals surface area contributed by atoms with Gasteiger partial charge < -0.3 is 0 Å². The lowest BCUT2D eigenvalue weighted by atomic mass is 9.85. The van der Waals surface area contributed by atoms with E-state index in [2.05, 4.69) is 10.2 Å². The van der Waals surface area contributed by atoms with Crippen LogP contribution in [-0.2, 0) is 0 Å². The van der Waals surface area contributed by atoms with Gasteiger partial charge in [-0.05, 0) is 18.9 Å². The highest BCUT2D eigenvalue weighted by atomic mass is 16.1. The molecule has 1 N–H and O–H groups in total. The number of pyridine rings is 1. The van der Waals surface area contributed by atoms with Gasteiger partial charge in [-0.1, -0.05) is 12.5 Å². The molecular weight excluding hydrogens is 178 g/mol. The van der Waals surface area contributed by atoms with Crippen molar-refractivity contribution in [2.75, 3.05) is 0 Å². The molecule has 14 heavy (non-hydrogen) atoms. The maximum absolute atomic E-state index is 11.6. The fraction of sp³-hybridized carbons (Fsp3) is 0.400. The molecule has 0 aliphatic heterocycles. The fourth-order valence-electron chi connectivity index (χ4n) is 1.92. The number of hydrogen-bond acceptors (Lipinski definition) is 2. The molecule has 2 aromatic heterocycles. The zero-order chi connectivity index (χ0) is 9.54. The highest BCUT2D eigenvalue weighted by Gasteiger charge is 2.24. The molecule has 0 spiro atoms. The second-order valence-electron chi connectivity index (χ2n) is 3.79. The van der Waals surface area contributed by atoms with Crippen molar-refractivity contribution in [3.05, 3.63) is 34.4 Å². The van der Waals surface area contributed by atoms with Crippen LogP contribution in [0, 0.1) is 0 Å². The van der Waals surface area contributed by atoms with Crippen molar-refractivity contribution in [3.8, 4) is 0 Å². The third kappa shape index (κ3) is 0.937. The summed E-state index contributed by atoms with van der Waals surface area (Å²) in [5, 5.41) is 7.11. The topological polar surface area (TPSA) is 50.2 Å². The van der Waals surface area contributed by atoms with Gasteiger partial charge in [0.25, 0.3) is 5.56 Å². The fourth-order valence-corrected chi connectivity index (χ4v) is 1.92. The minimum absolute atomic E-state index is 0.0122. The molecular formula is C10H11N3O. The summed E-state index contributed by atoms with van der Waals surface area (Å²) in [5.41, 5.74) is 0.803. The number of nitrogens with one attached hydrogen (secondary N) is 1. The molecule has 0 radical (unpaired) electrons. The predicted molar refractivity (Wildman–Crippen MR) is 52.4 cm³/mol. The van der Waals surface area contributed by atoms with Gasteiger partial charge in [-0.2, -0.15) is 5.10 Å². The second kappa shape index (κ2) is 2.70. The molecule has 72 valence electrons. The van der Waals surface area contributed by atoms with Gasteiger partial charge in [-0.3, -0.25) is 9.89 Å². The number of aromatic nitrogens is 3. The van der Waals surface area contributed by atoms with E-state index in [1.54, 1.807) is 16.5 Å². The van der Waals surface area contributed by atoms with E-state index in [-0.39, 0.29) is 5.56 Å². The number of rotatable bonds is 1. The molecule has 0 saturated heterocycles. The molecule has 2 aromatic rings. The van der Waals surface area contributed by atoms with Gasteiger partial charge in [0.15, 0.2) is 0 Å². The van der Waals surface area contributed by atoms with Crippen molar-refractivity contribution in [3.63, 3.8) is 0 Å². The number of aromatic amines is 1. The molecule has 0 unspecified atom stereocenters. The van der Waals surface area contributed by atoms with Crippen molar-refractivity contribution in [2.45, 2.75) is 25.2 Å². The molecule has 0 bridgehead atoms. The first kappa shape index (κ1) is 7.79. The first-order valence-corrected chi connectivity index (χ1v) is 4.92. The van der Waals surface area contributed by atoms with Gasteiger partial charge in [0.2, 0.25) is 0 Å². The van der Waals surface area contributed by atoms with Crippen molar-refractivity contribution in [1.82, 2.24) is 14.6 Å². The second-order valence-corrected chi connectivity index (χ2v) is 3.79. The van der Waals surface area contributed by atoms with Crippen molar-refractivity contribution < 1.29 is 0 Å². The van der Waals surface area contributed by atoms with Gasteiger partial charge in [-0.25, -0.2) is 4.40 Å². The SMILES string of the molecule is O=c1cccc2[nH]nc(C3CCC3)n12. The van der Waals surface area contributed by atoms with Crippen LogP contribution in [0.4, 0.5) is 0 Å². The van der Waals surface area contributed by atoms with E-state index in [0.29, 0.717) is 5.92 Å². The Bertz CT molecular complexity index is 521. The minimum Gasteiger partial charge on any atom is -0.269 e. The average Bonchev–Trinajstić information content (AvgIpc) is 2.47. The Labute approximate surface area is 80.6 Å². The van der Waals surface area contributed by atoms with Crippen LogP contribution in [-0.4, -0.2) is 14.6 Å². The van der Waals surface area contributed by atoms with Crippen LogP contribution >= 0.6 is 0 Å². The molecule has 4 nitrogen and oxygen atoms in total. The number of hydrogen-bond donors (Lipinski definition) is 1. The van der Waals surface area contributed by atoms with E-state index < -0.39 is 0 Å². The van der Waals surface area contributed by atoms with Crippen LogP contribution < -0.4 is 5.56 Å². The molecule has 0 atom stereocenters. The number of fused-ring (bicyclic) bond motifs is 1. The molecule has 3 rings (SSSR count). The maximum Gasteiger partial charge on any atom is 0.257 e. The van der Waals surface area contributed by atoms with E-state index in [4.69, 9.17) is 0 Å². The smallest absolute Gasteiger partial charge is 0.257 e. The lowest BCUT2D eigenvalue weighted by Crippen LogP contribution is -2.19. The summed E-state index contributed by atoms with van der Waals surface area (Å²) < 4.78 is 1.68. The van der Waals surface area contributed by atoms with Crippen molar-refractivity contribution in [2.24, 2.45) is 0 Å². The van der Waals surface area contributed by atoms with Gasteiger partial charge in [0, 0.05) is 12.0 Å². The molecule has 0 amide bonds. The maximum atomic E-state index is 11.6. The summed E-state index contributed by atoms with van der Waals surface area (Å²) in [6.07, 6.45) is 3.56. The summed E-state index contributed by atoms with van der Waals surface area (Å²) in [4.78, 5) is 11.6. The largest absolute Gasteiger partial charge is 0.269 e. The zero-order valence-electron chi connectivity index (χ0n) is 7.73. The molecule has 4 heteroatoms. The summed E-state index contributed by atoms with van der Waals surface area (Å²) in [6.45, 7) is 0. The van der Waals surface area contributed by atoms with Crippen LogP contribution in [0.2, 0.25) is 0 Å². The average molecular weight is 189 g/mol. The minimum atomic E-state index is 0.0122. The van der Waals surface area contributed by atoms with E-state index >= 15 is 0 Å². The third-order valence-corrected chi connectivity index (χ3v) is 2.94. The molecule has 1 aliphatic carbocycles. The Morgan fingerprint density at radius 1 is 1.43 bits per heavy atom. The lowest BCUT2D eigenvalue weighted by molar-refractivity contribution is 0.398. The van der Waals surface area contributed by atoms with Crippen LogP contribution in [0.3, 0.4) is 0 Å². The van der Waals surface area contributed by atoms with E-state index in [9.17, 15) is 4.79 Å². The van der Waals surface area contributed by atoms with Crippen molar-refractivity contribution in [1.29, 1.82) is 0 Å². The molecule has 0 aromatic carbocycles. The Morgan fingerprint density at radius 2 is 2.29 bits per heavy atom. The van der Waals surface area contributed by atoms with E-state index in [0.717, 1.165) is 24.3 Å². The first-order valence-electron chi connectivity index (χ1n) is 4.92. The van der Waals surface area contributed by atoms with Gasteiger partial charge in [0.05, 0.1) is 0 Å². The van der Waals surface area contributed by atoms with Crippen molar-refractivity contribution >= 4 is 5.65 Å². The first-order chi connectivity index (χ1) is 6.86. The monoisotopic (exact) mass is 189 g/mol. The van der Waals surface area contributed by atoms with Crippen LogP contribution in [0.5, 0.6) is 0 Å². The standard InChI is InChI=1S/C10H11N3O/c14-9-6-2-5-8-11-12-10(13(8)9)7-3-1-4-7/h2,5-7,11H,1,3-4H2. The summed E-state index contributed by atoms with van der Waals surface area (Å²) in [5.74, 6) is 1.38. The van der Waals surface area contributed by atoms with Gasteiger partial charge in [0.1, 0.15) is 11.5 Å². The Kier molecular flexibility index (Phi) is 1.50. The Hall–Kier alpha value is -1.58. The van der Waals surface area contributed by atoms with Gasteiger partial charge in [-0.15, -0.1) is 0 Å². The molecule has 1 aliphatic rings. The van der Waals surface area contributed by atoms with Gasteiger partial charge >= 0.3 is 0 Å². The molecule has 1 saturated carbocycles. The van der Waals surface area contributed by atoms with Crippen LogP contribution in [0.1, 0.15) is 31.0 Å². The summed E-state index contributed by atoms with van der Waals surface area (Å²) in [6, 6.07) is 5.20. The zero-order valence-corrected chi connectivity index (χ0v) is 7.73. The summed E-state index contributed by atoms with van der Waals surface area (Å²) >= 11 is 0. The summed E-state index contributed by atoms with van der Waals surface area (Å²) in [7, 11) is 0. The van der Waals surface area contributed by atoms with E-state index in [1.807, 2.05) is 6.07 Å². The normalized spacial score (nSPS) is 17.1. The molecule has 1 fully saturated rings. The molecule has 2 heterocycles. The predicted octanol–water partition coefficient (Wildman–Crippen LogP) is 1.29. The Morgan fingerprint density at radius 3 is 3.00 bits per heavy atom.